The molecule has 0 aliphatic heterocycles. The van der Waals surface area contributed by atoms with E-state index in [4.69, 9.17) is 9.84 Å². The Morgan fingerprint density at radius 2 is 1.94 bits per heavy atom. The van der Waals surface area contributed by atoms with Crippen molar-refractivity contribution < 1.29 is 4.74 Å². The Bertz CT molecular complexity index is 1590. The molecule has 7 rings (SSSR count). The van der Waals surface area contributed by atoms with Gasteiger partial charge in [-0.1, -0.05) is 35.9 Å². The lowest BCUT2D eigenvalue weighted by atomic mass is 9.78. The summed E-state index contributed by atoms with van der Waals surface area (Å²) < 4.78 is 7.77. The number of aromatic amines is 1. The summed E-state index contributed by atoms with van der Waals surface area (Å²) >= 11 is 0. The molecule has 7 nitrogen and oxygen atoms in total. The average Bonchev–Trinajstić information content (AvgIpc) is 3.53. The predicted molar refractivity (Wildman–Crippen MR) is 130 cm³/mol. The van der Waals surface area contributed by atoms with Gasteiger partial charge in [0, 0.05) is 35.0 Å². The van der Waals surface area contributed by atoms with Gasteiger partial charge in [0.15, 0.2) is 5.82 Å². The van der Waals surface area contributed by atoms with E-state index in [0.29, 0.717) is 24.7 Å². The quantitative estimate of drug-likeness (QED) is 0.401. The maximum atomic E-state index is 6.04. The summed E-state index contributed by atoms with van der Waals surface area (Å²) in [5.74, 6) is 2.73. The van der Waals surface area contributed by atoms with E-state index in [2.05, 4.69) is 44.5 Å². The van der Waals surface area contributed by atoms with Gasteiger partial charge >= 0.3 is 0 Å². The summed E-state index contributed by atoms with van der Waals surface area (Å²) in [6.45, 7) is 0.647. The van der Waals surface area contributed by atoms with E-state index in [9.17, 15) is 0 Å². The zero-order valence-electron chi connectivity index (χ0n) is 18.5. The first kappa shape index (κ1) is 19.2. The van der Waals surface area contributed by atoms with E-state index in [1.54, 1.807) is 16.3 Å². The number of nitrogens with zero attached hydrogens (tertiary/aromatic N) is 5. The molecular weight excluding hydrogens is 424 g/mol. The minimum absolute atomic E-state index is 0.493. The lowest BCUT2D eigenvalue weighted by Gasteiger charge is -2.28. The maximum Gasteiger partial charge on any atom is 0.271 e. The van der Waals surface area contributed by atoms with Gasteiger partial charge in [-0.05, 0) is 54.3 Å². The second-order valence-electron chi connectivity index (χ2n) is 8.90. The summed E-state index contributed by atoms with van der Waals surface area (Å²) in [6, 6.07) is 16.3. The molecule has 2 aliphatic rings. The van der Waals surface area contributed by atoms with E-state index in [1.165, 1.54) is 23.8 Å². The van der Waals surface area contributed by atoms with Crippen LogP contribution in [0.15, 0.2) is 84.2 Å². The predicted octanol–water partition coefficient (Wildman–Crippen LogP) is 4.91. The molecule has 5 aromatic rings. The molecule has 34 heavy (non-hydrogen) atoms. The van der Waals surface area contributed by atoms with Crippen LogP contribution < -0.4 is 4.74 Å². The number of allylic oxidation sites excluding steroid dienone is 3. The van der Waals surface area contributed by atoms with Gasteiger partial charge in [-0.3, -0.25) is 0 Å². The van der Waals surface area contributed by atoms with Gasteiger partial charge < -0.3 is 9.72 Å². The summed E-state index contributed by atoms with van der Waals surface area (Å²) in [5.41, 5.74) is 6.93. The van der Waals surface area contributed by atoms with Gasteiger partial charge in [-0.15, -0.1) is 10.2 Å². The molecule has 0 saturated heterocycles. The molecule has 1 saturated carbocycles. The van der Waals surface area contributed by atoms with Crippen LogP contribution in [0.1, 0.15) is 24.2 Å². The SMILES string of the molecule is C1=C2CCC2C(COc2ccc(-c3cnc4nnc(Cc5c[nH]c6ccccc56)n4n3)cc2)=C1. The topological polar surface area (TPSA) is 81.0 Å². The fourth-order valence-electron chi connectivity index (χ4n) is 4.87. The van der Waals surface area contributed by atoms with Crippen LogP contribution in [-0.2, 0) is 6.42 Å². The molecule has 0 bridgehead atoms. The molecule has 7 heteroatoms. The van der Waals surface area contributed by atoms with Crippen molar-refractivity contribution in [2.24, 2.45) is 5.92 Å². The largest absolute Gasteiger partial charge is 0.489 e. The summed E-state index contributed by atoms with van der Waals surface area (Å²) in [6.07, 6.45) is 11.3. The molecule has 1 unspecified atom stereocenters. The fourth-order valence-corrected chi connectivity index (χ4v) is 4.87. The van der Waals surface area contributed by atoms with Crippen molar-refractivity contribution >= 4 is 16.7 Å². The highest BCUT2D eigenvalue weighted by atomic mass is 16.5. The highest BCUT2D eigenvalue weighted by Gasteiger charge is 2.30. The Morgan fingerprint density at radius 3 is 2.79 bits per heavy atom. The zero-order valence-corrected chi connectivity index (χ0v) is 18.5. The maximum absolute atomic E-state index is 6.04. The number of nitrogens with one attached hydrogen (secondary N) is 1. The fraction of sp³-hybridized carbons (Fsp3) is 0.185. The monoisotopic (exact) mass is 446 g/mol. The number of benzene rings is 2. The van der Waals surface area contributed by atoms with E-state index >= 15 is 0 Å². The Kier molecular flexibility index (Phi) is 4.33. The highest BCUT2D eigenvalue weighted by Crippen LogP contribution is 2.43. The van der Waals surface area contributed by atoms with Crippen molar-refractivity contribution in [3.63, 3.8) is 0 Å². The van der Waals surface area contributed by atoms with E-state index in [1.807, 2.05) is 42.6 Å². The first-order chi connectivity index (χ1) is 16.8. The van der Waals surface area contributed by atoms with Crippen LogP contribution in [-0.4, -0.2) is 36.4 Å². The van der Waals surface area contributed by atoms with E-state index < -0.39 is 0 Å². The zero-order chi connectivity index (χ0) is 22.5. The van der Waals surface area contributed by atoms with Crippen molar-refractivity contribution in [1.29, 1.82) is 0 Å². The van der Waals surface area contributed by atoms with Gasteiger partial charge in [-0.25, -0.2) is 4.98 Å². The van der Waals surface area contributed by atoms with Crippen LogP contribution >= 0.6 is 0 Å². The molecule has 1 N–H and O–H groups in total. The second kappa shape index (κ2) is 7.66. The van der Waals surface area contributed by atoms with Crippen LogP contribution in [0.5, 0.6) is 5.75 Å². The average molecular weight is 447 g/mol. The molecule has 2 aromatic carbocycles. The molecule has 0 spiro atoms. The smallest absolute Gasteiger partial charge is 0.271 e. The van der Waals surface area contributed by atoms with Crippen LogP contribution in [0.4, 0.5) is 0 Å². The number of hydrogen-bond donors (Lipinski definition) is 1. The lowest BCUT2D eigenvalue weighted by Crippen LogP contribution is -2.18. The molecule has 3 aromatic heterocycles. The minimum atomic E-state index is 0.493. The third-order valence-electron chi connectivity index (χ3n) is 6.91. The number of aromatic nitrogens is 6. The van der Waals surface area contributed by atoms with Crippen LogP contribution in [0.3, 0.4) is 0 Å². The van der Waals surface area contributed by atoms with Crippen molar-refractivity contribution in [3.8, 4) is 17.0 Å². The van der Waals surface area contributed by atoms with Crippen molar-refractivity contribution in [1.82, 2.24) is 29.8 Å². The van der Waals surface area contributed by atoms with Gasteiger partial charge in [0.05, 0.1) is 6.20 Å². The second-order valence-corrected chi connectivity index (χ2v) is 8.90. The molecule has 1 fully saturated rings. The minimum Gasteiger partial charge on any atom is -0.489 e. The standard InChI is InChI=1S/C27H22N6O/c1-2-4-24-23(3-1)20(14-28-24)13-26-30-31-27-29-15-25(32-33(26)27)18-7-10-21(11-8-18)34-16-19-6-5-17-9-12-22(17)19/h1-8,10-11,14-15,22,28H,9,12-13,16H2. The molecule has 0 radical (unpaired) electrons. The number of ether oxygens (including phenoxy) is 1. The van der Waals surface area contributed by atoms with E-state index in [-0.39, 0.29) is 0 Å². The first-order valence-electron chi connectivity index (χ1n) is 11.6. The van der Waals surface area contributed by atoms with E-state index in [0.717, 1.165) is 33.9 Å². The van der Waals surface area contributed by atoms with Gasteiger partial charge in [0.25, 0.3) is 5.78 Å². The Labute approximate surface area is 195 Å². The molecule has 0 amide bonds. The molecule has 2 aliphatic carbocycles. The number of para-hydroxylation sites is 1. The van der Waals surface area contributed by atoms with Gasteiger partial charge in [-0.2, -0.15) is 9.61 Å². The number of hydrogen-bond acceptors (Lipinski definition) is 5. The summed E-state index contributed by atoms with van der Waals surface area (Å²) in [7, 11) is 0. The van der Waals surface area contributed by atoms with Crippen molar-refractivity contribution in [2.45, 2.75) is 19.3 Å². The molecule has 3 heterocycles. The van der Waals surface area contributed by atoms with Crippen molar-refractivity contribution in [2.75, 3.05) is 6.61 Å². The molecule has 1 atom stereocenters. The highest BCUT2D eigenvalue weighted by molar-refractivity contribution is 5.83. The number of H-pyrrole nitrogens is 1. The van der Waals surface area contributed by atoms with Crippen LogP contribution in [0.2, 0.25) is 0 Å². The number of fused-ring (bicyclic) bond motifs is 3. The third-order valence-corrected chi connectivity index (χ3v) is 6.91. The number of rotatable bonds is 6. The molecular formula is C27H22N6O. The molecule has 166 valence electrons. The Hall–Kier alpha value is -4.26. The normalized spacial score (nSPS) is 16.9. The van der Waals surface area contributed by atoms with Gasteiger partial charge in [0.2, 0.25) is 0 Å². The Morgan fingerprint density at radius 1 is 1.03 bits per heavy atom. The third kappa shape index (κ3) is 3.20. The Balaban J connectivity index is 1.11. The lowest BCUT2D eigenvalue weighted by molar-refractivity contribution is 0.328. The first-order valence-corrected chi connectivity index (χ1v) is 11.6. The summed E-state index contributed by atoms with van der Waals surface area (Å²) in [4.78, 5) is 7.79. The summed E-state index contributed by atoms with van der Waals surface area (Å²) in [5, 5.41) is 14.5. The van der Waals surface area contributed by atoms with Crippen LogP contribution in [0.25, 0.3) is 27.9 Å². The van der Waals surface area contributed by atoms with Crippen LogP contribution in [0, 0.1) is 5.92 Å². The van der Waals surface area contributed by atoms with Crippen molar-refractivity contribution in [3.05, 3.63) is 95.6 Å². The van der Waals surface area contributed by atoms with Gasteiger partial charge in [0.1, 0.15) is 18.1 Å².